The summed E-state index contributed by atoms with van der Waals surface area (Å²) in [6.45, 7) is 6.80. The molecule has 0 bridgehead atoms. The van der Waals surface area contributed by atoms with Gasteiger partial charge >= 0.3 is 0 Å². The van der Waals surface area contributed by atoms with Crippen molar-refractivity contribution in [3.63, 3.8) is 0 Å². The largest absolute Gasteiger partial charge is 0.480 e. The first-order chi connectivity index (χ1) is 12.5. The van der Waals surface area contributed by atoms with Crippen LogP contribution in [0.1, 0.15) is 12.5 Å². The number of aromatic nitrogens is 1. The van der Waals surface area contributed by atoms with Gasteiger partial charge in [0.1, 0.15) is 11.6 Å². The minimum Gasteiger partial charge on any atom is -0.480 e. The molecule has 1 aromatic heterocycles. The number of amides is 1. The van der Waals surface area contributed by atoms with E-state index in [1.807, 2.05) is 37.3 Å². The lowest BCUT2D eigenvalue weighted by Crippen LogP contribution is -2.36. The molecule has 3 rings (SSSR count). The number of halogens is 1. The second kappa shape index (κ2) is 8.51. The molecule has 138 valence electrons. The number of morpholine rings is 1. The third-order valence-corrected chi connectivity index (χ3v) is 4.73. The maximum atomic E-state index is 12.4. The average Bonchev–Trinajstić information content (AvgIpc) is 2.65. The molecule has 1 aromatic carbocycles. The molecule has 26 heavy (non-hydrogen) atoms. The Morgan fingerprint density at radius 2 is 2.08 bits per heavy atom. The second-order valence-corrected chi connectivity index (χ2v) is 7.04. The summed E-state index contributed by atoms with van der Waals surface area (Å²) >= 11 is 3.46. The Morgan fingerprint density at radius 1 is 1.31 bits per heavy atom. The number of rotatable bonds is 5. The van der Waals surface area contributed by atoms with Gasteiger partial charge in [0.15, 0.2) is 6.10 Å². The van der Waals surface area contributed by atoms with Crippen molar-refractivity contribution in [2.45, 2.75) is 20.0 Å². The minimum absolute atomic E-state index is 0.224. The van der Waals surface area contributed by atoms with E-state index in [2.05, 4.69) is 31.1 Å². The molecule has 1 fully saturated rings. The molecule has 2 aromatic rings. The second-order valence-electron chi connectivity index (χ2n) is 6.19. The molecule has 1 aliphatic rings. The Balaban J connectivity index is 1.58. The smallest absolute Gasteiger partial charge is 0.265 e. The van der Waals surface area contributed by atoms with Crippen LogP contribution in [0, 0.1) is 6.92 Å². The van der Waals surface area contributed by atoms with Crippen LogP contribution in [0.5, 0.6) is 5.75 Å². The lowest BCUT2D eigenvalue weighted by Gasteiger charge is -2.27. The fraction of sp³-hybridized carbons (Fsp3) is 0.368. The highest BCUT2D eigenvalue weighted by atomic mass is 79.9. The summed E-state index contributed by atoms with van der Waals surface area (Å²) in [6, 6.07) is 9.50. The van der Waals surface area contributed by atoms with Gasteiger partial charge in [0.05, 0.1) is 29.6 Å². The molecule has 6 nitrogen and oxygen atoms in total. The van der Waals surface area contributed by atoms with Crippen molar-refractivity contribution >= 4 is 33.3 Å². The van der Waals surface area contributed by atoms with Gasteiger partial charge in [0, 0.05) is 13.1 Å². The first-order valence-corrected chi connectivity index (χ1v) is 9.34. The van der Waals surface area contributed by atoms with Gasteiger partial charge in [-0.3, -0.25) is 4.79 Å². The first-order valence-electron chi connectivity index (χ1n) is 8.55. The van der Waals surface area contributed by atoms with Crippen molar-refractivity contribution < 1.29 is 14.3 Å². The molecular formula is C19H22BrN3O3. The molecular weight excluding hydrogens is 398 g/mol. The van der Waals surface area contributed by atoms with E-state index in [0.717, 1.165) is 28.9 Å². The van der Waals surface area contributed by atoms with Crippen molar-refractivity contribution in [3.8, 4) is 5.75 Å². The molecule has 7 heteroatoms. The highest BCUT2D eigenvalue weighted by molar-refractivity contribution is 9.10. The molecule has 1 aliphatic heterocycles. The van der Waals surface area contributed by atoms with E-state index >= 15 is 0 Å². The fourth-order valence-electron chi connectivity index (χ4n) is 2.63. The number of carbonyl (C=O) groups excluding carboxylic acids is 1. The number of anilines is 2. The van der Waals surface area contributed by atoms with Gasteiger partial charge in [0.2, 0.25) is 0 Å². The molecule has 0 saturated carbocycles. The summed E-state index contributed by atoms with van der Waals surface area (Å²) in [5.74, 6) is 1.30. The average molecular weight is 420 g/mol. The van der Waals surface area contributed by atoms with Crippen LogP contribution in [0.3, 0.4) is 0 Å². The molecule has 1 saturated heterocycles. The van der Waals surface area contributed by atoms with Crippen LogP contribution in [0.4, 0.5) is 11.5 Å². The summed E-state index contributed by atoms with van der Waals surface area (Å²) in [7, 11) is 0. The van der Waals surface area contributed by atoms with Gasteiger partial charge in [0.25, 0.3) is 5.91 Å². The first kappa shape index (κ1) is 18.7. The molecule has 2 heterocycles. The normalized spacial score (nSPS) is 15.4. The number of aryl methyl sites for hydroxylation is 1. The number of hydrogen-bond donors (Lipinski definition) is 1. The fourth-order valence-corrected chi connectivity index (χ4v) is 3.22. The van der Waals surface area contributed by atoms with E-state index in [1.165, 1.54) is 0 Å². The van der Waals surface area contributed by atoms with E-state index in [9.17, 15) is 4.79 Å². The van der Waals surface area contributed by atoms with Crippen molar-refractivity contribution in [1.82, 2.24) is 4.98 Å². The Labute approximate surface area is 161 Å². The van der Waals surface area contributed by atoms with Crippen LogP contribution in [0.15, 0.2) is 41.0 Å². The molecule has 0 aliphatic carbocycles. The van der Waals surface area contributed by atoms with Gasteiger partial charge < -0.3 is 19.7 Å². The molecule has 0 radical (unpaired) electrons. The molecule has 1 N–H and O–H groups in total. The zero-order chi connectivity index (χ0) is 18.5. The number of benzene rings is 1. The van der Waals surface area contributed by atoms with Crippen LogP contribution >= 0.6 is 15.9 Å². The number of hydrogen-bond acceptors (Lipinski definition) is 5. The predicted octanol–water partition coefficient (Wildman–Crippen LogP) is 3.40. The Hall–Kier alpha value is -2.12. The van der Waals surface area contributed by atoms with Crippen LogP contribution in [-0.2, 0) is 9.53 Å². The van der Waals surface area contributed by atoms with E-state index < -0.39 is 6.10 Å². The number of nitrogens with one attached hydrogen (secondary N) is 1. The van der Waals surface area contributed by atoms with E-state index in [0.29, 0.717) is 24.7 Å². The van der Waals surface area contributed by atoms with E-state index in [4.69, 9.17) is 9.47 Å². The standard InChI is InChI=1S/C19H22BrN3O3/c1-13-3-5-17(16(20)11-13)26-14(2)19(24)22-15-4-6-18(21-12-15)23-7-9-25-10-8-23/h3-6,11-12,14H,7-10H2,1-2H3,(H,22,24)/t14-/m0/s1. The maximum absolute atomic E-state index is 12.4. The third kappa shape index (κ3) is 4.74. The number of pyridine rings is 1. The minimum atomic E-state index is -0.632. The number of nitrogens with zero attached hydrogens (tertiary/aromatic N) is 2. The van der Waals surface area contributed by atoms with Crippen LogP contribution in [0.2, 0.25) is 0 Å². The highest BCUT2D eigenvalue weighted by Gasteiger charge is 2.17. The summed E-state index contributed by atoms with van der Waals surface area (Å²) in [5.41, 5.74) is 1.76. The monoisotopic (exact) mass is 419 g/mol. The molecule has 1 amide bonds. The SMILES string of the molecule is Cc1ccc(O[C@@H](C)C(=O)Nc2ccc(N3CCOCC3)nc2)c(Br)c1. The molecule has 1 atom stereocenters. The highest BCUT2D eigenvalue weighted by Crippen LogP contribution is 2.27. The topological polar surface area (TPSA) is 63.7 Å². The van der Waals surface area contributed by atoms with Crippen molar-refractivity contribution in [2.75, 3.05) is 36.5 Å². The van der Waals surface area contributed by atoms with Crippen molar-refractivity contribution in [1.29, 1.82) is 0 Å². The van der Waals surface area contributed by atoms with E-state index in [1.54, 1.807) is 13.1 Å². The Morgan fingerprint density at radius 3 is 2.73 bits per heavy atom. The maximum Gasteiger partial charge on any atom is 0.265 e. The van der Waals surface area contributed by atoms with E-state index in [-0.39, 0.29) is 5.91 Å². The van der Waals surface area contributed by atoms with Crippen molar-refractivity contribution in [2.24, 2.45) is 0 Å². The van der Waals surface area contributed by atoms with Crippen LogP contribution in [0.25, 0.3) is 0 Å². The van der Waals surface area contributed by atoms with Crippen LogP contribution < -0.4 is 15.0 Å². The number of carbonyl (C=O) groups is 1. The summed E-state index contributed by atoms with van der Waals surface area (Å²) in [4.78, 5) is 19.0. The van der Waals surface area contributed by atoms with Gasteiger partial charge in [-0.25, -0.2) is 4.98 Å². The molecule has 0 unspecified atom stereocenters. The quantitative estimate of drug-likeness (QED) is 0.804. The van der Waals surface area contributed by atoms with Gasteiger partial charge in [-0.2, -0.15) is 0 Å². The van der Waals surface area contributed by atoms with Gasteiger partial charge in [-0.1, -0.05) is 6.07 Å². The summed E-state index contributed by atoms with van der Waals surface area (Å²) in [6.07, 6.45) is 1.03. The van der Waals surface area contributed by atoms with Crippen LogP contribution in [-0.4, -0.2) is 43.3 Å². The molecule has 0 spiro atoms. The lowest BCUT2D eigenvalue weighted by molar-refractivity contribution is -0.122. The zero-order valence-corrected chi connectivity index (χ0v) is 16.5. The predicted molar refractivity (Wildman–Crippen MR) is 105 cm³/mol. The van der Waals surface area contributed by atoms with Crippen molar-refractivity contribution in [3.05, 3.63) is 46.6 Å². The van der Waals surface area contributed by atoms with Gasteiger partial charge in [-0.05, 0) is 59.6 Å². The summed E-state index contributed by atoms with van der Waals surface area (Å²) in [5, 5.41) is 2.84. The Bertz CT molecular complexity index is 761. The van der Waals surface area contributed by atoms with Gasteiger partial charge in [-0.15, -0.1) is 0 Å². The Kier molecular flexibility index (Phi) is 6.11. The number of ether oxygens (including phenoxy) is 2. The lowest BCUT2D eigenvalue weighted by atomic mass is 10.2. The summed E-state index contributed by atoms with van der Waals surface area (Å²) < 4.78 is 11.9. The zero-order valence-electron chi connectivity index (χ0n) is 14.9. The third-order valence-electron chi connectivity index (χ3n) is 4.11.